The van der Waals surface area contributed by atoms with E-state index in [1.165, 1.54) is 18.2 Å². The van der Waals surface area contributed by atoms with Gasteiger partial charge in [-0.1, -0.05) is 12.1 Å². The molecule has 1 aromatic carbocycles. The van der Waals surface area contributed by atoms with Crippen molar-refractivity contribution in [1.82, 2.24) is 4.31 Å². The molecule has 0 bridgehead atoms. The van der Waals surface area contributed by atoms with Gasteiger partial charge in [0, 0.05) is 6.42 Å². The molecule has 1 fully saturated rings. The summed E-state index contributed by atoms with van der Waals surface area (Å²) in [6.45, 7) is -0.215. The fourth-order valence-electron chi connectivity index (χ4n) is 2.52. The zero-order chi connectivity index (χ0) is 18.6. The number of rotatable bonds is 6. The van der Waals surface area contributed by atoms with Crippen molar-refractivity contribution >= 4 is 22.0 Å². The van der Waals surface area contributed by atoms with E-state index in [9.17, 15) is 22.4 Å². The predicted octanol–water partition coefficient (Wildman–Crippen LogP) is 0.323. The molecule has 0 unspecified atom stereocenters. The van der Waals surface area contributed by atoms with E-state index in [4.69, 9.17) is 4.74 Å². The zero-order valence-corrected chi connectivity index (χ0v) is 14.5. The van der Waals surface area contributed by atoms with Crippen LogP contribution in [0.25, 0.3) is 0 Å². The summed E-state index contributed by atoms with van der Waals surface area (Å²) in [7, 11) is -1.94. The Hall–Kier alpha value is -2.20. The fraction of sp³-hybridized carbons (Fsp3) is 0.467. The van der Waals surface area contributed by atoms with Gasteiger partial charge in [0.05, 0.1) is 20.8 Å². The second-order valence-corrected chi connectivity index (χ2v) is 7.27. The lowest BCUT2D eigenvalue weighted by atomic mass is 10.2. The zero-order valence-electron chi connectivity index (χ0n) is 13.7. The number of methoxy groups -OCH3 is 2. The highest BCUT2D eigenvalue weighted by Crippen LogP contribution is 2.27. The van der Waals surface area contributed by atoms with Gasteiger partial charge in [0.25, 0.3) is 0 Å². The Bertz CT molecular complexity index is 752. The monoisotopic (exact) mass is 375 g/mol. The van der Waals surface area contributed by atoms with Gasteiger partial charge in [-0.25, -0.2) is 12.8 Å². The third-order valence-electron chi connectivity index (χ3n) is 3.71. The molecule has 8 nitrogen and oxygen atoms in total. The number of halogens is 1. The van der Waals surface area contributed by atoms with Crippen molar-refractivity contribution in [2.45, 2.75) is 18.6 Å². The Morgan fingerprint density at radius 1 is 1.24 bits per heavy atom. The van der Waals surface area contributed by atoms with Gasteiger partial charge in [-0.15, -0.1) is 0 Å². The summed E-state index contributed by atoms with van der Waals surface area (Å²) in [5.74, 6) is -3.31. The molecule has 0 aromatic heterocycles. The first-order chi connectivity index (χ1) is 11.8. The third-order valence-corrected chi connectivity index (χ3v) is 5.42. The van der Waals surface area contributed by atoms with Gasteiger partial charge >= 0.3 is 11.9 Å². The molecule has 1 heterocycles. The van der Waals surface area contributed by atoms with E-state index in [1.807, 2.05) is 0 Å². The largest absolute Gasteiger partial charge is 0.486 e. The summed E-state index contributed by atoms with van der Waals surface area (Å²) >= 11 is 0. The number of hydrogen-bond donors (Lipinski definition) is 0. The maximum Gasteiger partial charge on any atom is 0.324 e. The molecule has 0 radical (unpaired) electrons. The average Bonchev–Trinajstić information content (AvgIpc) is 3.00. The van der Waals surface area contributed by atoms with Crippen LogP contribution in [0.1, 0.15) is 6.42 Å². The van der Waals surface area contributed by atoms with Crippen molar-refractivity contribution < 1.29 is 36.6 Å². The lowest BCUT2D eigenvalue weighted by Gasteiger charge is -2.21. The first-order valence-electron chi connectivity index (χ1n) is 7.34. The van der Waals surface area contributed by atoms with E-state index in [-0.39, 0.29) is 18.7 Å². The van der Waals surface area contributed by atoms with Crippen LogP contribution in [0.5, 0.6) is 5.75 Å². The van der Waals surface area contributed by atoms with Gasteiger partial charge in [-0.3, -0.25) is 9.59 Å². The van der Waals surface area contributed by atoms with Crippen molar-refractivity contribution in [3.05, 3.63) is 30.1 Å². The van der Waals surface area contributed by atoms with E-state index >= 15 is 0 Å². The van der Waals surface area contributed by atoms with Crippen LogP contribution in [0.4, 0.5) is 4.39 Å². The van der Waals surface area contributed by atoms with E-state index < -0.39 is 45.7 Å². The quantitative estimate of drug-likeness (QED) is 0.661. The van der Waals surface area contributed by atoms with Crippen molar-refractivity contribution in [3.8, 4) is 5.75 Å². The van der Waals surface area contributed by atoms with Gasteiger partial charge in [-0.2, -0.15) is 4.31 Å². The minimum absolute atomic E-state index is 0.0264. The van der Waals surface area contributed by atoms with E-state index in [2.05, 4.69) is 9.47 Å². The Labute approximate surface area is 144 Å². The van der Waals surface area contributed by atoms with Crippen LogP contribution in [-0.4, -0.2) is 63.3 Å². The first-order valence-corrected chi connectivity index (χ1v) is 8.94. The normalized spacial score (nSPS) is 20.9. The second kappa shape index (κ2) is 7.79. The summed E-state index contributed by atoms with van der Waals surface area (Å²) < 4.78 is 53.8. The van der Waals surface area contributed by atoms with Crippen LogP contribution in [0, 0.1) is 5.82 Å². The Kier molecular flexibility index (Phi) is 5.96. The van der Waals surface area contributed by atoms with Crippen LogP contribution >= 0.6 is 0 Å². The number of esters is 2. The topological polar surface area (TPSA) is 99.2 Å². The van der Waals surface area contributed by atoms with E-state index in [0.717, 1.165) is 18.5 Å². The molecule has 0 N–H and O–H groups in total. The number of carbonyl (C=O) groups excluding carboxylic acids is 2. The average molecular weight is 375 g/mol. The molecule has 10 heteroatoms. The minimum atomic E-state index is -4.13. The number of carbonyl (C=O) groups is 2. The predicted molar refractivity (Wildman–Crippen MR) is 83.7 cm³/mol. The second-order valence-electron chi connectivity index (χ2n) is 5.35. The van der Waals surface area contributed by atoms with Crippen molar-refractivity contribution in [2.24, 2.45) is 0 Å². The molecular formula is C15H18FNO7S. The number of nitrogens with zero attached hydrogens (tertiary/aromatic N) is 1. The molecule has 2 rings (SSSR count). The molecule has 1 aromatic rings. The number of sulfonamides is 1. The molecule has 1 saturated heterocycles. The molecule has 1 aliphatic heterocycles. The molecule has 138 valence electrons. The summed E-state index contributed by atoms with van der Waals surface area (Å²) in [5.41, 5.74) is 0. The van der Waals surface area contributed by atoms with Crippen LogP contribution in [0.3, 0.4) is 0 Å². The summed E-state index contributed by atoms with van der Waals surface area (Å²) in [6, 6.07) is 4.50. The third kappa shape index (κ3) is 4.45. The molecule has 25 heavy (non-hydrogen) atoms. The van der Waals surface area contributed by atoms with Crippen molar-refractivity contribution in [2.75, 3.05) is 26.5 Å². The minimum Gasteiger partial charge on any atom is -0.486 e. The molecule has 2 atom stereocenters. The smallest absolute Gasteiger partial charge is 0.324 e. The summed E-state index contributed by atoms with van der Waals surface area (Å²) in [5, 5.41) is 0. The molecule has 0 saturated carbocycles. The summed E-state index contributed by atoms with van der Waals surface area (Å²) in [6.07, 6.45) is -0.796. The maximum atomic E-state index is 13.7. The van der Waals surface area contributed by atoms with Crippen LogP contribution in [0.15, 0.2) is 24.3 Å². The van der Waals surface area contributed by atoms with E-state index in [0.29, 0.717) is 0 Å². The molecule has 0 spiro atoms. The number of benzene rings is 1. The molecule has 0 aliphatic carbocycles. The lowest BCUT2D eigenvalue weighted by Crippen LogP contribution is -2.43. The fourth-order valence-corrected chi connectivity index (χ4v) is 4.06. The van der Waals surface area contributed by atoms with Crippen molar-refractivity contribution in [3.63, 3.8) is 0 Å². The van der Waals surface area contributed by atoms with Crippen molar-refractivity contribution in [1.29, 1.82) is 0 Å². The lowest BCUT2D eigenvalue weighted by molar-refractivity contribution is -0.144. The van der Waals surface area contributed by atoms with E-state index in [1.54, 1.807) is 6.07 Å². The summed E-state index contributed by atoms with van der Waals surface area (Å²) in [4.78, 5) is 23.2. The van der Waals surface area contributed by atoms with Gasteiger partial charge in [0.15, 0.2) is 17.3 Å². The number of hydrogen-bond acceptors (Lipinski definition) is 7. The number of para-hydroxylation sites is 1. The Morgan fingerprint density at radius 2 is 1.92 bits per heavy atom. The highest BCUT2D eigenvalue weighted by molar-refractivity contribution is 7.89. The Morgan fingerprint density at radius 3 is 2.52 bits per heavy atom. The maximum absolute atomic E-state index is 13.7. The highest BCUT2D eigenvalue weighted by atomic mass is 32.2. The molecule has 1 aliphatic rings. The highest BCUT2D eigenvalue weighted by Gasteiger charge is 2.45. The van der Waals surface area contributed by atoms with Crippen LogP contribution < -0.4 is 4.74 Å². The SMILES string of the molecule is COC(=O)CS(=O)(=O)N1C[C@H](Oc2ccccc2F)C[C@@H]1C(=O)OC. The van der Waals surface area contributed by atoms with Crippen LogP contribution in [-0.2, 0) is 29.1 Å². The first kappa shape index (κ1) is 19.1. The Balaban J connectivity index is 2.21. The standard InChI is InChI=1S/C15H18FNO7S/c1-22-14(18)9-25(20,21)17-8-10(7-12(17)15(19)23-2)24-13-6-4-3-5-11(13)16/h3-6,10,12H,7-9H2,1-2H3/t10-,12-/m1/s1. The van der Waals surface area contributed by atoms with Crippen LogP contribution in [0.2, 0.25) is 0 Å². The molecule has 0 amide bonds. The number of ether oxygens (including phenoxy) is 3. The van der Waals surface area contributed by atoms with Gasteiger partial charge in [-0.05, 0) is 12.1 Å². The molecular weight excluding hydrogens is 357 g/mol. The van der Waals surface area contributed by atoms with Gasteiger partial charge in [0.1, 0.15) is 12.1 Å². The van der Waals surface area contributed by atoms with Gasteiger partial charge in [0.2, 0.25) is 10.0 Å². The van der Waals surface area contributed by atoms with Gasteiger partial charge < -0.3 is 14.2 Å².